The van der Waals surface area contributed by atoms with Gasteiger partial charge in [-0.25, -0.2) is 13.2 Å². The van der Waals surface area contributed by atoms with Crippen LogP contribution in [-0.4, -0.2) is 51.6 Å². The Bertz CT molecular complexity index is 646. The van der Waals surface area contributed by atoms with E-state index in [4.69, 9.17) is 16.3 Å². The molecule has 1 unspecified atom stereocenters. The van der Waals surface area contributed by atoms with Crippen molar-refractivity contribution in [2.45, 2.75) is 17.9 Å². The molecule has 0 amide bonds. The number of methoxy groups -OCH3 is 1. The van der Waals surface area contributed by atoms with Crippen LogP contribution in [-0.2, 0) is 19.5 Å². The molecule has 0 bridgehead atoms. The molecule has 2 rings (SSSR count). The van der Waals surface area contributed by atoms with Crippen molar-refractivity contribution in [2.75, 3.05) is 26.9 Å². The fourth-order valence-corrected chi connectivity index (χ4v) is 4.24. The van der Waals surface area contributed by atoms with E-state index >= 15 is 0 Å². The molecular weight excluding hydrogens is 318 g/mol. The molecule has 116 valence electrons. The SMILES string of the molecule is COC(=O)c1ccc(Cl)c(S(=O)(=O)N2CCOCC2C)c1. The standard InChI is InChI=1S/C13H16ClNO5S/c1-9-8-20-6-5-15(9)21(17,18)12-7-10(13(16)19-2)3-4-11(12)14/h3-4,7,9H,5-6,8H2,1-2H3. The minimum atomic E-state index is -3.79. The van der Waals surface area contributed by atoms with E-state index < -0.39 is 16.0 Å². The van der Waals surface area contributed by atoms with E-state index in [9.17, 15) is 13.2 Å². The second-order valence-corrected chi connectivity index (χ2v) is 6.94. The van der Waals surface area contributed by atoms with Gasteiger partial charge in [0.15, 0.2) is 0 Å². The van der Waals surface area contributed by atoms with Gasteiger partial charge in [-0.05, 0) is 25.1 Å². The summed E-state index contributed by atoms with van der Waals surface area (Å²) in [4.78, 5) is 11.5. The first kappa shape index (κ1) is 16.2. The van der Waals surface area contributed by atoms with Gasteiger partial charge in [0.25, 0.3) is 0 Å². The van der Waals surface area contributed by atoms with Crippen LogP contribution in [0.2, 0.25) is 5.02 Å². The maximum Gasteiger partial charge on any atom is 0.337 e. The fraction of sp³-hybridized carbons (Fsp3) is 0.462. The highest BCUT2D eigenvalue weighted by Crippen LogP contribution is 2.28. The van der Waals surface area contributed by atoms with Crippen LogP contribution in [0.3, 0.4) is 0 Å². The molecule has 1 saturated heterocycles. The van der Waals surface area contributed by atoms with E-state index in [0.717, 1.165) is 0 Å². The number of rotatable bonds is 3. The summed E-state index contributed by atoms with van der Waals surface area (Å²) in [6.45, 7) is 2.67. The number of esters is 1. The minimum Gasteiger partial charge on any atom is -0.465 e. The van der Waals surface area contributed by atoms with Crippen molar-refractivity contribution in [3.8, 4) is 0 Å². The van der Waals surface area contributed by atoms with Crippen molar-refractivity contribution in [1.82, 2.24) is 4.31 Å². The van der Waals surface area contributed by atoms with Gasteiger partial charge in [-0.3, -0.25) is 0 Å². The summed E-state index contributed by atoms with van der Waals surface area (Å²) in [6.07, 6.45) is 0. The summed E-state index contributed by atoms with van der Waals surface area (Å²) < 4.78 is 36.6. The molecule has 1 atom stereocenters. The number of ether oxygens (including phenoxy) is 2. The van der Waals surface area contributed by atoms with E-state index in [2.05, 4.69) is 4.74 Å². The topological polar surface area (TPSA) is 72.9 Å². The Morgan fingerprint density at radius 3 is 2.81 bits per heavy atom. The molecule has 1 aliphatic rings. The lowest BCUT2D eigenvalue weighted by atomic mass is 10.2. The Balaban J connectivity index is 2.46. The number of halogens is 1. The van der Waals surface area contributed by atoms with Crippen LogP contribution >= 0.6 is 11.6 Å². The van der Waals surface area contributed by atoms with Crippen molar-refractivity contribution in [2.24, 2.45) is 0 Å². The molecule has 0 spiro atoms. The first-order valence-electron chi connectivity index (χ1n) is 6.35. The number of nitrogens with zero attached hydrogens (tertiary/aromatic N) is 1. The second-order valence-electron chi connectivity index (χ2n) is 4.68. The van der Waals surface area contributed by atoms with Gasteiger partial charge in [0.1, 0.15) is 4.90 Å². The third-order valence-electron chi connectivity index (χ3n) is 3.25. The summed E-state index contributed by atoms with van der Waals surface area (Å²) in [5.41, 5.74) is 0.140. The number of morpholine rings is 1. The minimum absolute atomic E-state index is 0.0707. The highest BCUT2D eigenvalue weighted by molar-refractivity contribution is 7.89. The predicted molar refractivity (Wildman–Crippen MR) is 77.0 cm³/mol. The lowest BCUT2D eigenvalue weighted by Crippen LogP contribution is -2.47. The van der Waals surface area contributed by atoms with E-state index in [-0.39, 0.29) is 28.1 Å². The number of hydrogen-bond donors (Lipinski definition) is 0. The zero-order chi connectivity index (χ0) is 15.6. The number of hydrogen-bond acceptors (Lipinski definition) is 5. The fourth-order valence-electron chi connectivity index (χ4n) is 2.14. The molecular formula is C13H16ClNO5S. The molecule has 1 fully saturated rings. The van der Waals surface area contributed by atoms with Crippen molar-refractivity contribution in [1.29, 1.82) is 0 Å². The van der Waals surface area contributed by atoms with E-state index in [0.29, 0.717) is 13.2 Å². The summed E-state index contributed by atoms with van der Waals surface area (Å²) in [7, 11) is -2.56. The van der Waals surface area contributed by atoms with Gasteiger partial charge in [-0.15, -0.1) is 0 Å². The van der Waals surface area contributed by atoms with Crippen molar-refractivity contribution in [3.05, 3.63) is 28.8 Å². The third kappa shape index (κ3) is 3.21. The molecule has 0 radical (unpaired) electrons. The van der Waals surface area contributed by atoms with Gasteiger partial charge >= 0.3 is 5.97 Å². The number of sulfonamides is 1. The molecule has 0 aromatic heterocycles. The average Bonchev–Trinajstić information content (AvgIpc) is 2.47. The molecule has 21 heavy (non-hydrogen) atoms. The van der Waals surface area contributed by atoms with Gasteiger partial charge in [-0.1, -0.05) is 11.6 Å². The maximum atomic E-state index is 12.7. The lowest BCUT2D eigenvalue weighted by Gasteiger charge is -2.32. The number of carbonyl (C=O) groups excluding carboxylic acids is 1. The van der Waals surface area contributed by atoms with Crippen LogP contribution in [0.4, 0.5) is 0 Å². The third-order valence-corrected chi connectivity index (χ3v) is 5.74. The molecule has 0 aliphatic carbocycles. The molecule has 1 aliphatic heterocycles. The molecule has 0 N–H and O–H groups in total. The van der Waals surface area contributed by atoms with Gasteiger partial charge in [-0.2, -0.15) is 4.31 Å². The van der Waals surface area contributed by atoms with Crippen LogP contribution in [0, 0.1) is 0 Å². The number of benzene rings is 1. The summed E-state index contributed by atoms with van der Waals surface area (Å²) in [6, 6.07) is 3.76. The van der Waals surface area contributed by atoms with Crippen molar-refractivity contribution >= 4 is 27.6 Å². The summed E-state index contributed by atoms with van der Waals surface area (Å²) >= 11 is 6.01. The summed E-state index contributed by atoms with van der Waals surface area (Å²) in [5.74, 6) is -0.613. The van der Waals surface area contributed by atoms with Crippen LogP contribution < -0.4 is 0 Å². The largest absolute Gasteiger partial charge is 0.465 e. The Labute approximate surface area is 128 Å². The Morgan fingerprint density at radius 2 is 2.19 bits per heavy atom. The van der Waals surface area contributed by atoms with Gasteiger partial charge in [0.2, 0.25) is 10.0 Å². The highest BCUT2D eigenvalue weighted by Gasteiger charge is 2.33. The van der Waals surface area contributed by atoms with E-state index in [1.807, 2.05) is 0 Å². The number of carbonyl (C=O) groups is 1. The highest BCUT2D eigenvalue weighted by atomic mass is 35.5. The van der Waals surface area contributed by atoms with Crippen LogP contribution in [0.25, 0.3) is 0 Å². The van der Waals surface area contributed by atoms with Crippen molar-refractivity contribution in [3.63, 3.8) is 0 Å². The Morgan fingerprint density at radius 1 is 1.48 bits per heavy atom. The van der Waals surface area contributed by atoms with Crippen LogP contribution in [0.15, 0.2) is 23.1 Å². The van der Waals surface area contributed by atoms with Gasteiger partial charge < -0.3 is 9.47 Å². The normalized spacial score (nSPS) is 20.2. The maximum absolute atomic E-state index is 12.7. The van der Waals surface area contributed by atoms with E-state index in [1.165, 1.54) is 29.6 Å². The van der Waals surface area contributed by atoms with Gasteiger partial charge in [0.05, 0.1) is 30.9 Å². The molecule has 0 saturated carbocycles. The molecule has 1 aromatic carbocycles. The lowest BCUT2D eigenvalue weighted by molar-refractivity contribution is 0.0392. The second kappa shape index (κ2) is 6.31. The van der Waals surface area contributed by atoms with Gasteiger partial charge in [0, 0.05) is 12.6 Å². The van der Waals surface area contributed by atoms with Crippen LogP contribution in [0.5, 0.6) is 0 Å². The molecule has 6 nitrogen and oxygen atoms in total. The Kier molecular flexibility index (Phi) is 4.88. The monoisotopic (exact) mass is 333 g/mol. The smallest absolute Gasteiger partial charge is 0.337 e. The zero-order valence-electron chi connectivity index (χ0n) is 11.7. The first-order chi connectivity index (χ1) is 9.87. The quantitative estimate of drug-likeness (QED) is 0.784. The van der Waals surface area contributed by atoms with Crippen molar-refractivity contribution < 1.29 is 22.7 Å². The Hall–Kier alpha value is -1.15. The first-order valence-corrected chi connectivity index (χ1v) is 8.17. The zero-order valence-corrected chi connectivity index (χ0v) is 13.3. The molecule has 1 heterocycles. The molecule has 1 aromatic rings. The average molecular weight is 334 g/mol. The summed E-state index contributed by atoms with van der Waals surface area (Å²) in [5, 5.41) is 0.0707. The molecule has 8 heteroatoms. The van der Waals surface area contributed by atoms with E-state index in [1.54, 1.807) is 6.92 Å². The van der Waals surface area contributed by atoms with Crippen LogP contribution in [0.1, 0.15) is 17.3 Å². The predicted octanol–water partition coefficient (Wildman–Crippen LogP) is 1.54.